The van der Waals surface area contributed by atoms with Gasteiger partial charge in [0.25, 0.3) is 5.56 Å². The van der Waals surface area contributed by atoms with Crippen LogP contribution in [-0.4, -0.2) is 16.6 Å². The largest absolute Gasteiger partial charge is 0.458 e. The quantitative estimate of drug-likeness (QED) is 0.293. The molecule has 1 heterocycles. The number of rotatable bonds is 7. The van der Waals surface area contributed by atoms with Gasteiger partial charge >= 0.3 is 18.2 Å². The monoisotopic (exact) mass is 489 g/mol. The minimum Gasteiger partial charge on any atom is -0.458 e. The fourth-order valence-electron chi connectivity index (χ4n) is 3.09. The van der Waals surface area contributed by atoms with Crippen LogP contribution in [-0.2, 0) is 28.9 Å². The van der Waals surface area contributed by atoms with E-state index < -0.39 is 47.2 Å². The van der Waals surface area contributed by atoms with Crippen LogP contribution >= 0.6 is 0 Å². The molecule has 0 aliphatic rings. The number of ether oxygens (including phenoxy) is 1. The number of aromatic nitrogens is 1. The van der Waals surface area contributed by atoms with E-state index in [9.17, 15) is 31.9 Å². The predicted octanol–water partition coefficient (Wildman–Crippen LogP) is 4.30. The molecule has 3 aromatic rings. The fourth-order valence-corrected chi connectivity index (χ4v) is 3.09. The van der Waals surface area contributed by atoms with E-state index in [4.69, 9.17) is 10.5 Å². The molecular weight excluding hydrogens is 470 g/mol. The van der Waals surface area contributed by atoms with E-state index in [0.717, 1.165) is 16.2 Å². The molecule has 3 N–H and O–H groups in total. The van der Waals surface area contributed by atoms with Crippen molar-refractivity contribution in [1.82, 2.24) is 4.57 Å². The van der Waals surface area contributed by atoms with Crippen LogP contribution in [0.25, 0.3) is 6.08 Å². The van der Waals surface area contributed by atoms with Crippen molar-refractivity contribution >= 4 is 23.8 Å². The predicted molar refractivity (Wildman–Crippen MR) is 120 cm³/mol. The fraction of sp³-hybridized carbons (Fsp3) is 0.125. The Kier molecular flexibility index (Phi) is 7.69. The summed E-state index contributed by atoms with van der Waals surface area (Å²) in [7, 11) is 0. The lowest BCUT2D eigenvalue weighted by Gasteiger charge is -2.13. The summed E-state index contributed by atoms with van der Waals surface area (Å²) in [5, 5.41) is 2.11. The number of hydrogen-bond donors (Lipinski definition) is 2. The average Bonchev–Trinajstić information content (AvgIpc) is 2.80. The number of urea groups is 1. The van der Waals surface area contributed by atoms with Gasteiger partial charge in [-0.3, -0.25) is 4.79 Å². The molecule has 0 aliphatic heterocycles. The zero-order chi connectivity index (χ0) is 25.6. The highest BCUT2D eigenvalue weighted by Gasteiger charge is 2.31. The molecular formula is C24H19F4N3O4. The number of hydrogen-bond acceptors (Lipinski definition) is 4. The Bertz CT molecular complexity index is 1320. The number of primary amides is 1. The van der Waals surface area contributed by atoms with Crippen LogP contribution in [0.5, 0.6) is 0 Å². The standard InChI is InChI=1S/C24H19F4N3O4/c25-19-8-7-18(24(26,27)28)11-17(19)13-31-12-16(10-20(22(31)33)30-23(29)34)6-9-21(32)35-14-15-4-2-1-3-5-15/h1-12H,13-14H2,(H3,29,30,34)/b9-6+. The van der Waals surface area contributed by atoms with E-state index >= 15 is 0 Å². The molecule has 0 atom stereocenters. The normalized spacial score (nSPS) is 11.4. The number of alkyl halides is 3. The van der Waals surface area contributed by atoms with Crippen molar-refractivity contribution in [3.8, 4) is 0 Å². The third kappa shape index (κ3) is 7.03. The van der Waals surface area contributed by atoms with E-state index in [1.54, 1.807) is 24.3 Å². The zero-order valence-corrected chi connectivity index (χ0v) is 18.0. The van der Waals surface area contributed by atoms with Gasteiger partial charge in [-0.15, -0.1) is 0 Å². The number of pyridine rings is 1. The summed E-state index contributed by atoms with van der Waals surface area (Å²) < 4.78 is 59.3. The van der Waals surface area contributed by atoms with Crippen LogP contribution < -0.4 is 16.6 Å². The lowest BCUT2D eigenvalue weighted by Crippen LogP contribution is -2.29. The molecule has 7 nitrogen and oxygen atoms in total. The number of esters is 1. The highest BCUT2D eigenvalue weighted by molar-refractivity contribution is 5.89. The van der Waals surface area contributed by atoms with Gasteiger partial charge in [-0.1, -0.05) is 30.3 Å². The molecule has 2 aromatic carbocycles. The second-order valence-electron chi connectivity index (χ2n) is 7.34. The topological polar surface area (TPSA) is 103 Å². The first-order valence-corrected chi connectivity index (χ1v) is 10.1. The van der Waals surface area contributed by atoms with Crippen molar-refractivity contribution < 1.29 is 31.9 Å². The summed E-state index contributed by atoms with van der Waals surface area (Å²) in [5.41, 5.74) is 3.38. The average molecular weight is 489 g/mol. The van der Waals surface area contributed by atoms with Gasteiger partial charge in [0.1, 0.15) is 18.1 Å². The Morgan fingerprint density at radius 1 is 1.09 bits per heavy atom. The molecule has 11 heteroatoms. The van der Waals surface area contributed by atoms with Gasteiger partial charge in [-0.25, -0.2) is 14.0 Å². The summed E-state index contributed by atoms with van der Waals surface area (Å²) in [4.78, 5) is 36.0. The van der Waals surface area contributed by atoms with Gasteiger partial charge in [0, 0.05) is 17.8 Å². The number of nitrogens with zero attached hydrogens (tertiary/aromatic N) is 1. The van der Waals surface area contributed by atoms with Crippen molar-refractivity contribution in [2.24, 2.45) is 5.73 Å². The van der Waals surface area contributed by atoms with Crippen LogP contribution in [0.1, 0.15) is 22.3 Å². The molecule has 1 aromatic heterocycles. The maximum atomic E-state index is 14.2. The summed E-state index contributed by atoms with van der Waals surface area (Å²) in [5.74, 6) is -1.67. The second-order valence-corrected chi connectivity index (χ2v) is 7.34. The summed E-state index contributed by atoms with van der Waals surface area (Å²) >= 11 is 0. The number of anilines is 1. The molecule has 0 radical (unpaired) electrons. The third-order valence-electron chi connectivity index (χ3n) is 4.71. The maximum Gasteiger partial charge on any atom is 0.416 e. The molecule has 0 saturated heterocycles. The first-order valence-electron chi connectivity index (χ1n) is 10.1. The zero-order valence-electron chi connectivity index (χ0n) is 18.0. The van der Waals surface area contributed by atoms with Crippen LogP contribution in [0.15, 0.2) is 71.7 Å². The SMILES string of the molecule is NC(=O)Nc1cc(/C=C/C(=O)OCc2ccccc2)cn(Cc2cc(C(F)(F)F)ccc2F)c1=O. The highest BCUT2D eigenvalue weighted by Crippen LogP contribution is 2.30. The van der Waals surface area contributed by atoms with Crippen molar-refractivity contribution in [3.63, 3.8) is 0 Å². The first kappa shape index (κ1) is 25.2. The van der Waals surface area contributed by atoms with Crippen molar-refractivity contribution in [2.75, 3.05) is 5.32 Å². The van der Waals surface area contributed by atoms with Crippen LogP contribution in [0, 0.1) is 5.82 Å². The van der Waals surface area contributed by atoms with Crippen molar-refractivity contribution in [3.05, 3.63) is 105 Å². The maximum absolute atomic E-state index is 14.2. The minimum atomic E-state index is -4.71. The number of carbonyl (C=O) groups is 2. The number of carbonyl (C=O) groups excluding carboxylic acids is 2. The number of nitrogens with two attached hydrogens (primary N) is 1. The van der Waals surface area contributed by atoms with Gasteiger partial charge in [0.05, 0.1) is 12.1 Å². The van der Waals surface area contributed by atoms with E-state index in [1.807, 2.05) is 6.07 Å². The Labute approximate surface area is 196 Å². The number of halogens is 4. The van der Waals surface area contributed by atoms with Crippen LogP contribution in [0.3, 0.4) is 0 Å². The number of amides is 2. The van der Waals surface area contributed by atoms with Crippen LogP contribution in [0.4, 0.5) is 28.0 Å². The van der Waals surface area contributed by atoms with Gasteiger partial charge < -0.3 is 20.4 Å². The molecule has 0 saturated carbocycles. The van der Waals surface area contributed by atoms with Gasteiger partial charge in [0.15, 0.2) is 0 Å². The van der Waals surface area contributed by atoms with Gasteiger partial charge in [-0.2, -0.15) is 13.2 Å². The highest BCUT2D eigenvalue weighted by atomic mass is 19.4. The number of nitrogens with one attached hydrogen (secondary N) is 1. The van der Waals surface area contributed by atoms with E-state index in [-0.39, 0.29) is 17.9 Å². The molecule has 0 spiro atoms. The molecule has 35 heavy (non-hydrogen) atoms. The third-order valence-corrected chi connectivity index (χ3v) is 4.71. The summed E-state index contributed by atoms with van der Waals surface area (Å²) in [6.07, 6.45) is -1.20. The Morgan fingerprint density at radius 2 is 1.80 bits per heavy atom. The Morgan fingerprint density at radius 3 is 2.46 bits per heavy atom. The Hall–Kier alpha value is -4.41. The van der Waals surface area contributed by atoms with E-state index in [2.05, 4.69) is 5.32 Å². The molecule has 2 amide bonds. The lowest BCUT2D eigenvalue weighted by molar-refractivity contribution is -0.139. The second kappa shape index (κ2) is 10.7. The summed E-state index contributed by atoms with van der Waals surface area (Å²) in [6.45, 7) is -0.561. The Balaban J connectivity index is 1.88. The van der Waals surface area contributed by atoms with Crippen molar-refractivity contribution in [2.45, 2.75) is 19.3 Å². The molecule has 0 bridgehead atoms. The lowest BCUT2D eigenvalue weighted by atomic mass is 10.1. The van der Waals surface area contributed by atoms with E-state index in [0.29, 0.717) is 18.2 Å². The molecule has 3 rings (SSSR count). The van der Waals surface area contributed by atoms with Crippen molar-refractivity contribution in [1.29, 1.82) is 0 Å². The molecule has 0 aliphatic carbocycles. The van der Waals surface area contributed by atoms with Gasteiger partial charge in [-0.05, 0) is 41.5 Å². The summed E-state index contributed by atoms with van der Waals surface area (Å²) in [6, 6.07) is 10.9. The van der Waals surface area contributed by atoms with Crippen LogP contribution in [0.2, 0.25) is 0 Å². The molecule has 0 unspecified atom stereocenters. The first-order chi connectivity index (χ1) is 16.5. The molecule has 182 valence electrons. The van der Waals surface area contributed by atoms with Gasteiger partial charge in [0.2, 0.25) is 0 Å². The van der Waals surface area contributed by atoms with E-state index in [1.165, 1.54) is 18.3 Å². The minimum absolute atomic E-state index is 0.0206. The smallest absolute Gasteiger partial charge is 0.416 e. The molecule has 0 fully saturated rings. The number of benzene rings is 2.